The van der Waals surface area contributed by atoms with Crippen molar-refractivity contribution in [2.24, 2.45) is 0 Å². The maximum absolute atomic E-state index is 9.72. The van der Waals surface area contributed by atoms with Crippen molar-refractivity contribution in [1.29, 1.82) is 0 Å². The lowest BCUT2D eigenvalue weighted by molar-refractivity contribution is 0.569. The number of hydrogen-bond donors (Lipinski definition) is 0. The third-order valence-corrected chi connectivity index (χ3v) is 21.6. The van der Waals surface area contributed by atoms with Gasteiger partial charge in [-0.3, -0.25) is 0 Å². The molecular formula is C100H88BN3. The zero-order valence-electron chi connectivity index (χ0n) is 66.6. The first-order valence-corrected chi connectivity index (χ1v) is 36.7. The van der Waals surface area contributed by atoms with Crippen molar-refractivity contribution >= 4 is 79.0 Å². The normalized spacial score (nSPS) is 13.6. The topological polar surface area (TPSA) is 11.4 Å². The monoisotopic (exact) mass is 1350 g/mol. The smallest absolute Gasteiger partial charge is 0.252 e. The van der Waals surface area contributed by atoms with E-state index in [-0.39, 0.29) is 51.4 Å². The molecule has 17 rings (SSSR count). The van der Waals surface area contributed by atoms with Gasteiger partial charge < -0.3 is 14.4 Å². The average molecular weight is 1350 g/mol. The van der Waals surface area contributed by atoms with Crippen LogP contribution in [0.5, 0.6) is 0 Å². The number of aromatic nitrogens is 1. The molecule has 0 amide bonds. The summed E-state index contributed by atoms with van der Waals surface area (Å²) in [5.41, 5.74) is 29.5. The summed E-state index contributed by atoms with van der Waals surface area (Å²) in [6, 6.07) is 104. The third-order valence-electron chi connectivity index (χ3n) is 21.6. The van der Waals surface area contributed by atoms with Crippen molar-refractivity contribution < 1.29 is 6.85 Å². The van der Waals surface area contributed by atoms with Gasteiger partial charge in [0.15, 0.2) is 0 Å². The van der Waals surface area contributed by atoms with Gasteiger partial charge in [0.25, 0.3) is 6.71 Å². The lowest BCUT2D eigenvalue weighted by Gasteiger charge is -2.46. The Balaban J connectivity index is 1.12. The second-order valence-corrected chi connectivity index (χ2v) is 32.6. The Morgan fingerprint density at radius 3 is 1.18 bits per heavy atom. The SMILES string of the molecule is [2H]c1c([2H])c([2H])c(-c2ccc3c(c2)B2c4ccc(-c5cc(C(C)(C)C)cc(C(C)(C)C)c5)cc4N(c4c(-c5ccccc5)cc(C(C)(C)C)cc4-c4ccccc4)c4cc(-c5cccc6c5c5ccccc5n6-c5ccccc5)cc(c42)N3c2c(-c3ccccc3)cc(C(C)(C)C)cc2-c2ccccc2)c([2H])c1[2H]. The first kappa shape index (κ1) is 60.2. The molecule has 0 N–H and O–H groups in total. The highest BCUT2D eigenvalue weighted by molar-refractivity contribution is 7.00. The van der Waals surface area contributed by atoms with E-state index >= 15 is 0 Å². The van der Waals surface area contributed by atoms with E-state index in [1.54, 1.807) is 0 Å². The molecular weight excluding hydrogens is 1250 g/mol. The number of benzene rings is 14. The summed E-state index contributed by atoms with van der Waals surface area (Å²) >= 11 is 0. The molecule has 506 valence electrons. The molecule has 15 aromatic rings. The van der Waals surface area contributed by atoms with Crippen LogP contribution in [0.15, 0.2) is 315 Å². The highest BCUT2D eigenvalue weighted by Gasteiger charge is 2.46. The fourth-order valence-electron chi connectivity index (χ4n) is 16.1. The van der Waals surface area contributed by atoms with Gasteiger partial charge in [-0.2, -0.15) is 0 Å². The zero-order valence-corrected chi connectivity index (χ0v) is 61.6. The molecule has 0 saturated carbocycles. The molecule has 2 aliphatic rings. The van der Waals surface area contributed by atoms with Crippen LogP contribution in [-0.2, 0) is 21.7 Å². The van der Waals surface area contributed by atoms with Crippen molar-refractivity contribution in [3.8, 4) is 83.6 Å². The van der Waals surface area contributed by atoms with Gasteiger partial charge in [-0.15, -0.1) is 0 Å². The van der Waals surface area contributed by atoms with E-state index < -0.39 is 12.8 Å². The summed E-state index contributed by atoms with van der Waals surface area (Å²) in [6.07, 6.45) is 0. The fraction of sp³-hybridized carbons (Fsp3) is 0.160. The van der Waals surface area contributed by atoms with Crippen LogP contribution >= 0.6 is 0 Å². The lowest BCUT2D eigenvalue weighted by atomic mass is 9.33. The summed E-state index contributed by atoms with van der Waals surface area (Å²) in [4.78, 5) is 5.19. The van der Waals surface area contributed by atoms with Gasteiger partial charge in [-0.25, -0.2) is 0 Å². The van der Waals surface area contributed by atoms with Crippen molar-refractivity contribution in [3.63, 3.8) is 0 Å². The third kappa shape index (κ3) is 11.5. The average Bonchev–Trinajstić information content (AvgIpc) is 1.30. The van der Waals surface area contributed by atoms with Crippen LogP contribution in [0.2, 0.25) is 0 Å². The molecule has 0 spiro atoms. The van der Waals surface area contributed by atoms with Gasteiger partial charge >= 0.3 is 0 Å². The van der Waals surface area contributed by atoms with Gasteiger partial charge in [-0.1, -0.05) is 326 Å². The first-order valence-electron chi connectivity index (χ1n) is 39.2. The summed E-state index contributed by atoms with van der Waals surface area (Å²) < 4.78 is 49.1. The second kappa shape index (κ2) is 25.2. The molecule has 3 heterocycles. The molecule has 0 aliphatic carbocycles. The van der Waals surface area contributed by atoms with E-state index in [0.29, 0.717) is 5.56 Å². The van der Waals surface area contributed by atoms with Crippen molar-refractivity contribution in [3.05, 3.63) is 338 Å². The summed E-state index contributed by atoms with van der Waals surface area (Å²) in [6.45, 7) is 27.2. The van der Waals surface area contributed by atoms with E-state index in [0.717, 1.165) is 145 Å². The van der Waals surface area contributed by atoms with Crippen LogP contribution in [0.4, 0.5) is 34.1 Å². The van der Waals surface area contributed by atoms with Gasteiger partial charge in [0.05, 0.1) is 29.3 Å². The molecule has 0 unspecified atom stereocenters. The van der Waals surface area contributed by atoms with E-state index in [1.807, 2.05) is 6.07 Å². The molecule has 104 heavy (non-hydrogen) atoms. The van der Waals surface area contributed by atoms with Crippen LogP contribution in [0.3, 0.4) is 0 Å². The van der Waals surface area contributed by atoms with E-state index in [4.69, 9.17) is 1.37 Å². The van der Waals surface area contributed by atoms with Gasteiger partial charge in [-0.05, 0) is 189 Å². The summed E-state index contributed by atoms with van der Waals surface area (Å²) in [5, 5.41) is 2.26. The first-order chi connectivity index (χ1) is 52.2. The van der Waals surface area contributed by atoms with Gasteiger partial charge in [0.1, 0.15) is 0 Å². The second-order valence-electron chi connectivity index (χ2n) is 32.6. The Kier molecular flexibility index (Phi) is 14.6. The quantitative estimate of drug-likeness (QED) is 0.126. The molecule has 0 fully saturated rings. The van der Waals surface area contributed by atoms with Gasteiger partial charge in [0, 0.05) is 61.5 Å². The molecule has 2 aliphatic heterocycles. The van der Waals surface area contributed by atoms with Crippen LogP contribution in [0, 0.1) is 0 Å². The Labute approximate surface area is 622 Å². The number of para-hydroxylation sites is 2. The molecule has 0 saturated heterocycles. The predicted octanol–water partition coefficient (Wildman–Crippen LogP) is 25.7. The number of anilines is 6. The van der Waals surface area contributed by atoms with Crippen LogP contribution in [-0.4, -0.2) is 11.3 Å². The fourth-order valence-corrected chi connectivity index (χ4v) is 16.1. The van der Waals surface area contributed by atoms with Crippen LogP contribution in [0.25, 0.3) is 105 Å². The van der Waals surface area contributed by atoms with Gasteiger partial charge in [0.2, 0.25) is 0 Å². The molecule has 1 aromatic heterocycles. The molecule has 4 heteroatoms. The highest BCUT2D eigenvalue weighted by Crippen LogP contribution is 2.56. The molecule has 3 nitrogen and oxygen atoms in total. The van der Waals surface area contributed by atoms with E-state index in [1.165, 1.54) is 22.3 Å². The largest absolute Gasteiger partial charge is 0.310 e. The maximum Gasteiger partial charge on any atom is 0.252 e. The lowest BCUT2D eigenvalue weighted by Crippen LogP contribution is -2.61. The van der Waals surface area contributed by atoms with Crippen molar-refractivity contribution in [1.82, 2.24) is 4.57 Å². The number of hydrogen-bond acceptors (Lipinski definition) is 2. The Hall–Kier alpha value is -11.5. The molecule has 0 bridgehead atoms. The Morgan fingerprint density at radius 2 is 0.692 bits per heavy atom. The number of nitrogens with zero attached hydrogens (tertiary/aromatic N) is 3. The summed E-state index contributed by atoms with van der Waals surface area (Å²) in [5.74, 6) is 0. The van der Waals surface area contributed by atoms with E-state index in [2.05, 4.69) is 377 Å². The van der Waals surface area contributed by atoms with E-state index in [9.17, 15) is 5.48 Å². The zero-order chi connectivity index (χ0) is 75.9. The summed E-state index contributed by atoms with van der Waals surface area (Å²) in [7, 11) is 0. The molecule has 0 radical (unpaired) electrons. The predicted molar refractivity (Wildman–Crippen MR) is 448 cm³/mol. The highest BCUT2D eigenvalue weighted by atomic mass is 15.2. The number of fused-ring (bicyclic) bond motifs is 7. The minimum atomic E-state index is -0.527. The maximum atomic E-state index is 9.72. The molecule has 14 aromatic carbocycles. The minimum Gasteiger partial charge on any atom is -0.310 e. The van der Waals surface area contributed by atoms with Crippen LogP contribution in [0.1, 0.15) is 112 Å². The Morgan fingerprint density at radius 1 is 0.279 bits per heavy atom. The minimum absolute atomic E-state index is 0.147. The Bertz CT molecular complexity index is 5960. The standard InChI is InChI=1S/C100H88BN3/c1-97(2,3)74-54-72(55-75(60-74)98(4,5)6)71-50-52-85-90(57-71)104(96-83(68-40-25-16-26-41-68)63-77(100(10,11)12)64-84(96)69-42-27-17-28-43-69)92-59-73(79-47-33-49-89-93(79)80-46-31-32-48-87(80)102(89)78-44-29-18-30-45-78)58-91-94(92)101(85)86-56-70(65-34-19-13-20-35-65)51-53-88(86)103(91)95-81(66-36-21-14-22-37-66)61-76(99(7,8)9)62-82(95)67-38-23-15-24-39-67/h13-64H,1-12H3/i13D,19D,20D,34D,35D. The van der Waals surface area contributed by atoms with Crippen molar-refractivity contribution in [2.45, 2.75) is 105 Å². The van der Waals surface area contributed by atoms with Crippen LogP contribution < -0.4 is 26.2 Å². The molecule has 0 atom stereocenters. The van der Waals surface area contributed by atoms with Crippen molar-refractivity contribution in [2.75, 3.05) is 9.80 Å². The number of rotatable bonds is 10.